The third kappa shape index (κ3) is 5.01. The summed E-state index contributed by atoms with van der Waals surface area (Å²) in [6, 6.07) is 24.6. The summed E-state index contributed by atoms with van der Waals surface area (Å²) >= 11 is 0. The molecule has 3 rings (SSSR count). The average molecular weight is 373 g/mol. The van der Waals surface area contributed by atoms with Gasteiger partial charge in [-0.1, -0.05) is 48.5 Å². The monoisotopic (exact) mass is 373 g/mol. The Hall–Kier alpha value is -3.53. The number of amides is 1. The predicted octanol–water partition coefficient (Wildman–Crippen LogP) is 5.27. The summed E-state index contributed by atoms with van der Waals surface area (Å²) in [5, 5.41) is 2.97. The SMILES string of the molecule is CCOc1cccc(NC(=O)/C(=C/c2ccc(OC)cc2)c2ccccc2)c1. The van der Waals surface area contributed by atoms with Gasteiger partial charge in [-0.2, -0.15) is 0 Å². The molecule has 1 amide bonds. The van der Waals surface area contributed by atoms with Gasteiger partial charge in [0, 0.05) is 17.3 Å². The summed E-state index contributed by atoms with van der Waals surface area (Å²) in [4.78, 5) is 13.1. The summed E-state index contributed by atoms with van der Waals surface area (Å²) < 4.78 is 10.7. The van der Waals surface area contributed by atoms with E-state index in [9.17, 15) is 4.79 Å². The van der Waals surface area contributed by atoms with Gasteiger partial charge in [0.25, 0.3) is 5.91 Å². The first-order valence-electron chi connectivity index (χ1n) is 9.15. The van der Waals surface area contributed by atoms with Crippen molar-refractivity contribution < 1.29 is 14.3 Å². The standard InChI is InChI=1S/C24H23NO3/c1-3-28-22-11-7-10-20(17-22)25-24(26)23(19-8-5-4-6-9-19)16-18-12-14-21(27-2)15-13-18/h4-17H,3H2,1-2H3,(H,25,26)/b23-16+. The van der Waals surface area contributed by atoms with Gasteiger partial charge in [0.2, 0.25) is 0 Å². The van der Waals surface area contributed by atoms with Crippen molar-refractivity contribution in [1.29, 1.82) is 0 Å². The van der Waals surface area contributed by atoms with Crippen LogP contribution in [0.5, 0.6) is 11.5 Å². The first-order valence-corrected chi connectivity index (χ1v) is 9.15. The molecule has 0 aliphatic carbocycles. The van der Waals surface area contributed by atoms with Gasteiger partial charge in [-0.15, -0.1) is 0 Å². The summed E-state index contributed by atoms with van der Waals surface area (Å²) in [5.74, 6) is 1.31. The fraction of sp³-hybridized carbons (Fsp3) is 0.125. The molecule has 0 spiro atoms. The molecule has 0 bridgehead atoms. The van der Waals surface area contributed by atoms with E-state index >= 15 is 0 Å². The average Bonchev–Trinajstić information content (AvgIpc) is 2.73. The Kier molecular flexibility index (Phi) is 6.47. The fourth-order valence-electron chi connectivity index (χ4n) is 2.79. The molecular formula is C24H23NO3. The van der Waals surface area contributed by atoms with E-state index in [-0.39, 0.29) is 5.91 Å². The van der Waals surface area contributed by atoms with E-state index < -0.39 is 0 Å². The highest BCUT2D eigenvalue weighted by Crippen LogP contribution is 2.23. The lowest BCUT2D eigenvalue weighted by atomic mass is 10.0. The maximum Gasteiger partial charge on any atom is 0.256 e. The van der Waals surface area contributed by atoms with Crippen molar-refractivity contribution in [2.45, 2.75) is 6.92 Å². The van der Waals surface area contributed by atoms with E-state index in [1.807, 2.05) is 91.9 Å². The predicted molar refractivity (Wildman–Crippen MR) is 114 cm³/mol. The van der Waals surface area contributed by atoms with E-state index in [0.717, 1.165) is 22.6 Å². The van der Waals surface area contributed by atoms with Crippen molar-refractivity contribution in [3.8, 4) is 11.5 Å². The Morgan fingerprint density at radius 2 is 1.68 bits per heavy atom. The molecule has 4 heteroatoms. The number of carbonyl (C=O) groups excluding carboxylic acids is 1. The second-order valence-corrected chi connectivity index (χ2v) is 6.11. The number of hydrogen-bond acceptors (Lipinski definition) is 3. The molecular weight excluding hydrogens is 350 g/mol. The zero-order chi connectivity index (χ0) is 19.8. The van der Waals surface area contributed by atoms with Crippen LogP contribution in [-0.4, -0.2) is 19.6 Å². The molecule has 0 heterocycles. The Labute approximate surface area is 165 Å². The molecule has 0 unspecified atom stereocenters. The Morgan fingerprint density at radius 3 is 2.36 bits per heavy atom. The van der Waals surface area contributed by atoms with E-state index in [2.05, 4.69) is 5.32 Å². The molecule has 28 heavy (non-hydrogen) atoms. The molecule has 1 N–H and O–H groups in total. The minimum atomic E-state index is -0.185. The van der Waals surface area contributed by atoms with Crippen LogP contribution in [0, 0.1) is 0 Å². The first kappa shape index (κ1) is 19.2. The van der Waals surface area contributed by atoms with Crippen LogP contribution in [0.25, 0.3) is 11.6 Å². The summed E-state index contributed by atoms with van der Waals surface area (Å²) in [7, 11) is 1.63. The second kappa shape index (κ2) is 9.42. The highest BCUT2D eigenvalue weighted by molar-refractivity contribution is 6.29. The largest absolute Gasteiger partial charge is 0.497 e. The van der Waals surface area contributed by atoms with E-state index in [4.69, 9.17) is 9.47 Å². The van der Waals surface area contributed by atoms with Gasteiger partial charge >= 0.3 is 0 Å². The molecule has 142 valence electrons. The number of nitrogens with one attached hydrogen (secondary N) is 1. The van der Waals surface area contributed by atoms with Gasteiger partial charge in [-0.3, -0.25) is 4.79 Å². The van der Waals surface area contributed by atoms with Crippen molar-refractivity contribution in [2.75, 3.05) is 19.0 Å². The lowest BCUT2D eigenvalue weighted by molar-refractivity contribution is -0.111. The van der Waals surface area contributed by atoms with Crippen LogP contribution in [0.3, 0.4) is 0 Å². The van der Waals surface area contributed by atoms with Crippen molar-refractivity contribution in [3.05, 3.63) is 90.0 Å². The molecule has 0 saturated carbocycles. The Bertz CT molecular complexity index is 947. The molecule has 0 aliphatic rings. The van der Waals surface area contributed by atoms with Gasteiger partial charge in [0.15, 0.2) is 0 Å². The molecule has 0 atom stereocenters. The minimum absolute atomic E-state index is 0.185. The second-order valence-electron chi connectivity index (χ2n) is 6.11. The van der Waals surface area contributed by atoms with Crippen molar-refractivity contribution >= 4 is 23.2 Å². The molecule has 0 fully saturated rings. The minimum Gasteiger partial charge on any atom is -0.497 e. The number of anilines is 1. The van der Waals surface area contributed by atoms with E-state index in [0.29, 0.717) is 17.9 Å². The maximum absolute atomic E-state index is 13.1. The molecule has 3 aromatic rings. The number of benzene rings is 3. The topological polar surface area (TPSA) is 47.6 Å². The molecule has 0 aliphatic heterocycles. The number of rotatable bonds is 7. The summed E-state index contributed by atoms with van der Waals surface area (Å²) in [5.41, 5.74) is 3.02. The van der Waals surface area contributed by atoms with Crippen LogP contribution in [0.4, 0.5) is 5.69 Å². The van der Waals surface area contributed by atoms with Crippen molar-refractivity contribution in [1.82, 2.24) is 0 Å². The Balaban J connectivity index is 1.91. The van der Waals surface area contributed by atoms with E-state index in [1.165, 1.54) is 0 Å². The van der Waals surface area contributed by atoms with Crippen LogP contribution in [0.2, 0.25) is 0 Å². The molecule has 3 aromatic carbocycles. The van der Waals surface area contributed by atoms with Gasteiger partial charge in [-0.25, -0.2) is 0 Å². The van der Waals surface area contributed by atoms with Gasteiger partial charge in [0.1, 0.15) is 11.5 Å². The normalized spacial score (nSPS) is 11.0. The lowest BCUT2D eigenvalue weighted by Crippen LogP contribution is -2.13. The number of hydrogen-bond donors (Lipinski definition) is 1. The zero-order valence-corrected chi connectivity index (χ0v) is 16.0. The third-order valence-corrected chi connectivity index (χ3v) is 4.16. The zero-order valence-electron chi connectivity index (χ0n) is 16.0. The van der Waals surface area contributed by atoms with Crippen molar-refractivity contribution in [2.24, 2.45) is 0 Å². The van der Waals surface area contributed by atoms with Crippen molar-refractivity contribution in [3.63, 3.8) is 0 Å². The van der Waals surface area contributed by atoms with Gasteiger partial charge < -0.3 is 14.8 Å². The molecule has 0 radical (unpaired) electrons. The number of methoxy groups -OCH3 is 1. The van der Waals surface area contributed by atoms with Crippen LogP contribution < -0.4 is 14.8 Å². The lowest BCUT2D eigenvalue weighted by Gasteiger charge is -2.11. The highest BCUT2D eigenvalue weighted by atomic mass is 16.5. The van der Waals surface area contributed by atoms with Gasteiger partial charge in [-0.05, 0) is 48.4 Å². The van der Waals surface area contributed by atoms with E-state index in [1.54, 1.807) is 7.11 Å². The van der Waals surface area contributed by atoms with Crippen LogP contribution in [0.1, 0.15) is 18.1 Å². The van der Waals surface area contributed by atoms with Crippen LogP contribution in [0.15, 0.2) is 78.9 Å². The van der Waals surface area contributed by atoms with Crippen LogP contribution >= 0.6 is 0 Å². The fourth-order valence-corrected chi connectivity index (χ4v) is 2.79. The summed E-state index contributed by atoms with van der Waals surface area (Å²) in [6.45, 7) is 2.50. The number of ether oxygens (including phenoxy) is 2. The smallest absolute Gasteiger partial charge is 0.256 e. The Morgan fingerprint density at radius 1 is 0.929 bits per heavy atom. The quantitative estimate of drug-likeness (QED) is 0.453. The van der Waals surface area contributed by atoms with Gasteiger partial charge in [0.05, 0.1) is 13.7 Å². The maximum atomic E-state index is 13.1. The molecule has 0 aromatic heterocycles. The molecule has 4 nitrogen and oxygen atoms in total. The number of carbonyl (C=O) groups is 1. The van der Waals surface area contributed by atoms with Crippen LogP contribution in [-0.2, 0) is 4.79 Å². The highest BCUT2D eigenvalue weighted by Gasteiger charge is 2.13. The first-order chi connectivity index (χ1) is 13.7. The third-order valence-electron chi connectivity index (χ3n) is 4.16. The molecule has 0 saturated heterocycles. The summed E-state index contributed by atoms with van der Waals surface area (Å²) in [6.07, 6.45) is 1.87.